The molecule has 3 aromatic heterocycles. The second-order valence-electron chi connectivity index (χ2n) is 9.91. The van der Waals surface area contributed by atoms with E-state index in [4.69, 9.17) is 15.2 Å². The van der Waals surface area contributed by atoms with Gasteiger partial charge in [0.2, 0.25) is 11.8 Å². The van der Waals surface area contributed by atoms with E-state index in [1.54, 1.807) is 6.20 Å². The monoisotopic (exact) mass is 550 g/mol. The summed E-state index contributed by atoms with van der Waals surface area (Å²) in [6, 6.07) is 7.62. The van der Waals surface area contributed by atoms with Crippen LogP contribution < -0.4 is 20.5 Å². The third kappa shape index (κ3) is 5.64. The quantitative estimate of drug-likeness (QED) is 0.302. The molecule has 1 amide bonds. The average molecular weight is 551 g/mol. The molecule has 3 N–H and O–H groups in total. The highest BCUT2D eigenvalue weighted by Gasteiger charge is 2.24. The summed E-state index contributed by atoms with van der Waals surface area (Å²) in [7, 11) is 3.59. The van der Waals surface area contributed by atoms with Crippen molar-refractivity contribution in [3.05, 3.63) is 52.9 Å². The van der Waals surface area contributed by atoms with Crippen molar-refractivity contribution in [2.24, 2.45) is 5.73 Å². The third-order valence-electron chi connectivity index (χ3n) is 6.77. The smallest absolute Gasteiger partial charge is 0.259 e. The Bertz CT molecular complexity index is 1520. The number of ether oxygens (including phenoxy) is 2. The lowest BCUT2D eigenvalue weighted by Crippen LogP contribution is -2.29. The molecule has 0 atom stereocenters. The number of nitrogens with two attached hydrogens (primary N) is 1. The molecular weight excluding hydrogens is 519 g/mol. The molecule has 11 heteroatoms. The van der Waals surface area contributed by atoms with Crippen LogP contribution >= 0.6 is 11.3 Å². The molecule has 1 aliphatic rings. The van der Waals surface area contributed by atoms with Crippen LogP contribution in [0.4, 0.5) is 16.0 Å². The second-order valence-corrected chi connectivity index (χ2v) is 11.0. The Balaban J connectivity index is 1.54. The average Bonchev–Trinajstić information content (AvgIpc) is 3.29. The summed E-state index contributed by atoms with van der Waals surface area (Å²) >= 11 is 1.11. The van der Waals surface area contributed by atoms with Gasteiger partial charge in [-0.3, -0.25) is 4.79 Å². The van der Waals surface area contributed by atoms with E-state index in [1.807, 2.05) is 19.9 Å². The number of aromatic nitrogens is 3. The van der Waals surface area contributed by atoms with Gasteiger partial charge in [-0.1, -0.05) is 6.07 Å². The number of fused-ring (bicyclic) bond motifs is 1. The summed E-state index contributed by atoms with van der Waals surface area (Å²) in [5, 5.41) is 3.26. The SMILES string of the molecule is COc1cc(-c2c(C(N)=O)sc3cnc(Nc4ccc(C5CCN(C)CC5)cc4OC(C)C)nc23)c(F)cn1. The zero-order chi connectivity index (χ0) is 27.7. The van der Waals surface area contributed by atoms with Gasteiger partial charge in [-0.05, 0) is 70.4 Å². The number of carbonyl (C=O) groups is 1. The molecule has 39 heavy (non-hydrogen) atoms. The van der Waals surface area contributed by atoms with Gasteiger partial charge in [-0.25, -0.2) is 19.3 Å². The van der Waals surface area contributed by atoms with E-state index in [0.717, 1.165) is 43.5 Å². The van der Waals surface area contributed by atoms with Crippen molar-refractivity contribution in [3.63, 3.8) is 0 Å². The van der Waals surface area contributed by atoms with Gasteiger partial charge in [0.25, 0.3) is 5.91 Å². The number of amides is 1. The number of pyridine rings is 1. The molecule has 0 saturated carbocycles. The fourth-order valence-electron chi connectivity index (χ4n) is 4.81. The summed E-state index contributed by atoms with van der Waals surface area (Å²) in [6.45, 7) is 6.10. The maximum absolute atomic E-state index is 14.9. The predicted octanol–water partition coefficient (Wildman–Crippen LogP) is 5.34. The molecule has 0 unspecified atom stereocenters. The van der Waals surface area contributed by atoms with Gasteiger partial charge in [0.15, 0.2) is 0 Å². The highest BCUT2D eigenvalue weighted by Crippen LogP contribution is 2.40. The lowest BCUT2D eigenvalue weighted by Gasteiger charge is -2.29. The van der Waals surface area contributed by atoms with E-state index < -0.39 is 11.7 Å². The molecule has 0 spiro atoms. The molecule has 0 aliphatic carbocycles. The van der Waals surface area contributed by atoms with Gasteiger partial charge in [0.05, 0.1) is 41.5 Å². The Hall–Kier alpha value is -3.83. The first-order chi connectivity index (χ1) is 18.7. The molecule has 0 bridgehead atoms. The van der Waals surface area contributed by atoms with Gasteiger partial charge in [-0.15, -0.1) is 11.3 Å². The number of rotatable bonds is 8. The van der Waals surface area contributed by atoms with Crippen LogP contribution in [0.2, 0.25) is 0 Å². The second kappa shape index (κ2) is 11.1. The number of nitrogens with zero attached hydrogens (tertiary/aromatic N) is 4. The molecule has 5 rings (SSSR count). The van der Waals surface area contributed by atoms with Crippen molar-refractivity contribution < 1.29 is 18.7 Å². The molecule has 0 radical (unpaired) electrons. The van der Waals surface area contributed by atoms with Gasteiger partial charge in [0.1, 0.15) is 16.4 Å². The number of hydrogen-bond acceptors (Lipinski definition) is 9. The standard InChI is InChI=1S/C28H31FN6O3S/c1-15(2)38-21-11-17(16-7-9-35(3)10-8-16)5-6-20(21)33-28-32-14-22-25(34-28)24(26(39-22)27(30)36)18-12-23(37-4)31-13-19(18)29/h5-6,11-16H,7-10H2,1-4H3,(H2,30,36)(H,32,33,34). The van der Waals surface area contributed by atoms with E-state index in [-0.39, 0.29) is 33.9 Å². The normalized spacial score (nSPS) is 14.6. The van der Waals surface area contributed by atoms with E-state index >= 15 is 0 Å². The highest BCUT2D eigenvalue weighted by molar-refractivity contribution is 7.21. The van der Waals surface area contributed by atoms with Crippen LogP contribution in [0, 0.1) is 5.82 Å². The first-order valence-corrected chi connectivity index (χ1v) is 13.6. The van der Waals surface area contributed by atoms with E-state index in [2.05, 4.69) is 44.3 Å². The minimum Gasteiger partial charge on any atom is -0.489 e. The summed E-state index contributed by atoms with van der Waals surface area (Å²) in [5.41, 5.74) is 8.42. The highest BCUT2D eigenvalue weighted by atomic mass is 32.1. The van der Waals surface area contributed by atoms with E-state index in [9.17, 15) is 9.18 Å². The zero-order valence-electron chi connectivity index (χ0n) is 22.3. The fourth-order valence-corrected chi connectivity index (χ4v) is 5.79. The number of halogens is 1. The maximum atomic E-state index is 14.9. The molecule has 1 aromatic carbocycles. The zero-order valence-corrected chi connectivity index (χ0v) is 23.1. The molecular formula is C28H31FN6O3S. The first-order valence-electron chi connectivity index (χ1n) is 12.8. The molecule has 1 aliphatic heterocycles. The number of methoxy groups -OCH3 is 1. The van der Waals surface area contributed by atoms with Crippen LogP contribution in [-0.4, -0.2) is 59.1 Å². The number of piperidine rings is 1. The number of carbonyl (C=O) groups excluding carboxylic acids is 1. The van der Waals surface area contributed by atoms with Crippen molar-refractivity contribution in [3.8, 4) is 22.8 Å². The number of benzene rings is 1. The maximum Gasteiger partial charge on any atom is 0.259 e. The Labute approximate surface area is 230 Å². The molecule has 4 aromatic rings. The number of anilines is 2. The molecule has 9 nitrogen and oxygen atoms in total. The Morgan fingerprint density at radius 2 is 1.97 bits per heavy atom. The predicted molar refractivity (Wildman–Crippen MR) is 151 cm³/mol. The minimum absolute atomic E-state index is 0.0343. The van der Waals surface area contributed by atoms with Crippen molar-refractivity contribution in [1.82, 2.24) is 19.9 Å². The molecule has 1 saturated heterocycles. The van der Waals surface area contributed by atoms with Gasteiger partial charge in [0, 0.05) is 17.2 Å². The van der Waals surface area contributed by atoms with Crippen LogP contribution in [0.15, 0.2) is 36.7 Å². The Morgan fingerprint density at radius 3 is 2.67 bits per heavy atom. The van der Waals surface area contributed by atoms with Crippen LogP contribution in [-0.2, 0) is 0 Å². The summed E-state index contributed by atoms with van der Waals surface area (Å²) in [4.78, 5) is 27.9. The number of hydrogen-bond donors (Lipinski definition) is 2. The van der Waals surface area contributed by atoms with Crippen molar-refractivity contribution >= 4 is 39.1 Å². The van der Waals surface area contributed by atoms with Gasteiger partial charge < -0.3 is 25.4 Å². The molecule has 204 valence electrons. The lowest BCUT2D eigenvalue weighted by atomic mass is 9.89. The van der Waals surface area contributed by atoms with Crippen molar-refractivity contribution in [1.29, 1.82) is 0 Å². The van der Waals surface area contributed by atoms with Crippen LogP contribution in [0.5, 0.6) is 11.6 Å². The molecule has 4 heterocycles. The summed E-state index contributed by atoms with van der Waals surface area (Å²) in [6.07, 6.45) is 4.81. The number of likely N-dealkylation sites (tertiary alicyclic amines) is 1. The summed E-state index contributed by atoms with van der Waals surface area (Å²) < 4.78 is 26.9. The van der Waals surface area contributed by atoms with Crippen molar-refractivity contribution in [2.75, 3.05) is 32.6 Å². The number of nitrogens with one attached hydrogen (secondary N) is 1. The van der Waals surface area contributed by atoms with Crippen molar-refractivity contribution in [2.45, 2.75) is 38.7 Å². The Kier molecular flexibility index (Phi) is 7.62. The largest absolute Gasteiger partial charge is 0.489 e. The third-order valence-corrected chi connectivity index (χ3v) is 7.90. The lowest BCUT2D eigenvalue weighted by molar-refractivity contribution is 0.100. The van der Waals surface area contributed by atoms with Crippen LogP contribution in [0.3, 0.4) is 0 Å². The Morgan fingerprint density at radius 1 is 1.21 bits per heavy atom. The van der Waals surface area contributed by atoms with E-state index in [1.165, 1.54) is 18.7 Å². The minimum atomic E-state index is -0.685. The van der Waals surface area contributed by atoms with E-state index in [0.29, 0.717) is 27.6 Å². The van der Waals surface area contributed by atoms with Crippen LogP contribution in [0.1, 0.15) is 47.8 Å². The number of primary amides is 1. The first kappa shape index (κ1) is 26.8. The molecule has 1 fully saturated rings. The van der Waals surface area contributed by atoms with Gasteiger partial charge >= 0.3 is 0 Å². The van der Waals surface area contributed by atoms with Crippen LogP contribution in [0.25, 0.3) is 21.3 Å². The fraction of sp³-hybridized carbons (Fsp3) is 0.357. The van der Waals surface area contributed by atoms with Gasteiger partial charge in [-0.2, -0.15) is 0 Å². The number of thiophene rings is 1. The summed E-state index contributed by atoms with van der Waals surface area (Å²) in [5.74, 6) is 0.357. The topological polar surface area (TPSA) is 115 Å².